The average molecular weight is 305 g/mol. The molecule has 0 bridgehead atoms. The maximum atomic E-state index is 12.6. The van der Waals surface area contributed by atoms with Crippen molar-refractivity contribution in [2.24, 2.45) is 0 Å². The largest absolute Gasteiger partial charge is 0.350 e. The van der Waals surface area contributed by atoms with Gasteiger partial charge in [-0.3, -0.25) is 4.79 Å². The van der Waals surface area contributed by atoms with Crippen molar-refractivity contribution in [1.29, 1.82) is 0 Å². The van der Waals surface area contributed by atoms with Gasteiger partial charge in [0.1, 0.15) is 5.69 Å². The molecule has 0 saturated heterocycles. The molecule has 0 atom stereocenters. The quantitative estimate of drug-likeness (QED) is 0.911. The number of thiophene rings is 1. The van der Waals surface area contributed by atoms with E-state index in [2.05, 4.69) is 28.2 Å². The fraction of sp³-hybridized carbons (Fsp3) is 0.562. The van der Waals surface area contributed by atoms with Gasteiger partial charge in [0.25, 0.3) is 5.91 Å². The van der Waals surface area contributed by atoms with Crippen molar-refractivity contribution in [3.05, 3.63) is 22.2 Å². The molecular formula is C16H23N3OS. The molecule has 0 radical (unpaired) electrons. The summed E-state index contributed by atoms with van der Waals surface area (Å²) in [6.07, 6.45) is 4.69. The van der Waals surface area contributed by atoms with E-state index >= 15 is 0 Å². The van der Waals surface area contributed by atoms with Crippen LogP contribution in [0.25, 0.3) is 10.2 Å². The van der Waals surface area contributed by atoms with E-state index in [1.54, 1.807) is 11.3 Å². The van der Waals surface area contributed by atoms with E-state index in [-0.39, 0.29) is 5.91 Å². The van der Waals surface area contributed by atoms with Crippen molar-refractivity contribution in [2.75, 3.05) is 14.1 Å². The highest BCUT2D eigenvalue weighted by Crippen LogP contribution is 2.31. The molecule has 0 aliphatic heterocycles. The van der Waals surface area contributed by atoms with Crippen LogP contribution < -0.4 is 5.32 Å². The number of nitrogens with one attached hydrogen (secondary N) is 2. The number of hydrogen-bond acceptors (Lipinski definition) is 3. The SMILES string of the molecule is Cc1cc2[nH]c(C(=O)NC3CCCC3)c(CN(C)C)c2s1. The van der Waals surface area contributed by atoms with Crippen molar-refractivity contribution in [2.45, 2.75) is 45.2 Å². The Hall–Kier alpha value is -1.33. The third kappa shape index (κ3) is 2.99. The van der Waals surface area contributed by atoms with E-state index in [4.69, 9.17) is 0 Å². The van der Waals surface area contributed by atoms with Gasteiger partial charge in [-0.2, -0.15) is 0 Å². The van der Waals surface area contributed by atoms with Gasteiger partial charge in [-0.15, -0.1) is 11.3 Å². The van der Waals surface area contributed by atoms with Gasteiger partial charge < -0.3 is 15.2 Å². The van der Waals surface area contributed by atoms with Crippen molar-refractivity contribution < 1.29 is 4.79 Å². The van der Waals surface area contributed by atoms with Crippen LogP contribution in [0.15, 0.2) is 6.07 Å². The second-order valence-corrected chi connectivity index (χ2v) is 7.53. The highest BCUT2D eigenvalue weighted by atomic mass is 32.1. The highest BCUT2D eigenvalue weighted by molar-refractivity contribution is 7.19. The smallest absolute Gasteiger partial charge is 0.268 e. The number of amides is 1. The summed E-state index contributed by atoms with van der Waals surface area (Å²) < 4.78 is 1.22. The molecule has 2 N–H and O–H groups in total. The van der Waals surface area contributed by atoms with Crippen LogP contribution in [0, 0.1) is 6.92 Å². The van der Waals surface area contributed by atoms with Crippen LogP contribution in [0.3, 0.4) is 0 Å². The Morgan fingerprint density at radius 2 is 2.14 bits per heavy atom. The van der Waals surface area contributed by atoms with Gasteiger partial charge in [0.2, 0.25) is 0 Å². The molecule has 0 spiro atoms. The Morgan fingerprint density at radius 3 is 2.81 bits per heavy atom. The normalized spacial score (nSPS) is 16.2. The molecule has 0 aromatic carbocycles. The summed E-state index contributed by atoms with van der Waals surface area (Å²) in [6.45, 7) is 2.89. The topological polar surface area (TPSA) is 48.1 Å². The van der Waals surface area contributed by atoms with Crippen LogP contribution in [-0.4, -0.2) is 35.9 Å². The fourth-order valence-corrected chi connectivity index (χ4v) is 4.15. The minimum Gasteiger partial charge on any atom is -0.350 e. The zero-order valence-corrected chi connectivity index (χ0v) is 13.8. The zero-order valence-electron chi connectivity index (χ0n) is 13.0. The summed E-state index contributed by atoms with van der Waals surface area (Å²) in [5.41, 5.74) is 2.96. The van der Waals surface area contributed by atoms with E-state index < -0.39 is 0 Å². The third-order valence-electron chi connectivity index (χ3n) is 4.08. The molecule has 5 heteroatoms. The predicted octanol–water partition coefficient (Wildman–Crippen LogP) is 3.27. The summed E-state index contributed by atoms with van der Waals surface area (Å²) in [5, 5.41) is 3.19. The molecule has 4 nitrogen and oxygen atoms in total. The number of nitrogens with zero attached hydrogens (tertiary/aromatic N) is 1. The Kier molecular flexibility index (Phi) is 4.04. The van der Waals surface area contributed by atoms with E-state index in [1.807, 2.05) is 14.1 Å². The number of hydrogen-bond donors (Lipinski definition) is 2. The van der Waals surface area contributed by atoms with Crippen molar-refractivity contribution >= 4 is 27.5 Å². The molecule has 0 unspecified atom stereocenters. The van der Waals surface area contributed by atoms with E-state index in [0.29, 0.717) is 6.04 Å². The lowest BCUT2D eigenvalue weighted by Crippen LogP contribution is -2.33. The molecule has 1 amide bonds. The molecule has 1 aliphatic carbocycles. The molecule has 114 valence electrons. The molecule has 3 rings (SSSR count). The third-order valence-corrected chi connectivity index (χ3v) is 5.19. The monoisotopic (exact) mass is 305 g/mol. The van der Waals surface area contributed by atoms with E-state index in [0.717, 1.165) is 36.2 Å². The number of carbonyl (C=O) groups is 1. The number of aromatic amines is 1. The minimum atomic E-state index is 0.0554. The van der Waals surface area contributed by atoms with E-state index in [1.165, 1.54) is 22.4 Å². The van der Waals surface area contributed by atoms with Crippen LogP contribution >= 0.6 is 11.3 Å². The van der Waals surface area contributed by atoms with Crippen molar-refractivity contribution in [3.8, 4) is 0 Å². The van der Waals surface area contributed by atoms with Gasteiger partial charge in [-0.25, -0.2) is 0 Å². The summed E-state index contributed by atoms with van der Waals surface area (Å²) in [5.74, 6) is 0.0554. The molecule has 21 heavy (non-hydrogen) atoms. The van der Waals surface area contributed by atoms with Crippen LogP contribution in [0.2, 0.25) is 0 Å². The lowest BCUT2D eigenvalue weighted by Gasteiger charge is -2.14. The average Bonchev–Trinajstić information content (AvgIpc) is 3.07. The predicted molar refractivity (Wildman–Crippen MR) is 88.0 cm³/mol. The maximum absolute atomic E-state index is 12.6. The molecule has 2 aromatic heterocycles. The number of aryl methyl sites for hydroxylation is 1. The van der Waals surface area contributed by atoms with Crippen LogP contribution in [0.1, 0.15) is 46.6 Å². The number of aromatic nitrogens is 1. The first-order valence-corrected chi connectivity index (χ1v) is 8.43. The summed E-state index contributed by atoms with van der Waals surface area (Å²) in [6, 6.07) is 2.48. The fourth-order valence-electron chi connectivity index (χ4n) is 3.14. The lowest BCUT2D eigenvalue weighted by molar-refractivity contribution is 0.0932. The van der Waals surface area contributed by atoms with E-state index in [9.17, 15) is 4.79 Å². The van der Waals surface area contributed by atoms with Crippen LogP contribution in [0.5, 0.6) is 0 Å². The van der Waals surface area contributed by atoms with Crippen molar-refractivity contribution in [3.63, 3.8) is 0 Å². The first kappa shape index (κ1) is 14.6. The maximum Gasteiger partial charge on any atom is 0.268 e. The number of H-pyrrole nitrogens is 1. The zero-order chi connectivity index (χ0) is 15.0. The lowest BCUT2D eigenvalue weighted by atomic mass is 10.2. The molecular weight excluding hydrogens is 282 g/mol. The Morgan fingerprint density at radius 1 is 1.43 bits per heavy atom. The number of carbonyl (C=O) groups excluding carboxylic acids is 1. The first-order valence-electron chi connectivity index (χ1n) is 7.61. The second kappa shape index (κ2) is 5.81. The van der Waals surface area contributed by atoms with Crippen LogP contribution in [-0.2, 0) is 6.54 Å². The minimum absolute atomic E-state index is 0.0554. The molecule has 2 heterocycles. The van der Waals surface area contributed by atoms with Crippen LogP contribution in [0.4, 0.5) is 0 Å². The summed E-state index contributed by atoms with van der Waals surface area (Å²) >= 11 is 1.76. The van der Waals surface area contributed by atoms with Crippen molar-refractivity contribution in [1.82, 2.24) is 15.2 Å². The molecule has 1 aliphatic rings. The van der Waals surface area contributed by atoms with Gasteiger partial charge in [-0.1, -0.05) is 12.8 Å². The number of fused-ring (bicyclic) bond motifs is 1. The summed E-state index contributed by atoms with van der Waals surface area (Å²) in [4.78, 5) is 19.3. The first-order chi connectivity index (χ1) is 10.0. The molecule has 1 saturated carbocycles. The van der Waals surface area contributed by atoms with Gasteiger partial charge in [0.05, 0.1) is 10.2 Å². The molecule has 2 aromatic rings. The summed E-state index contributed by atoms with van der Waals surface area (Å²) in [7, 11) is 4.08. The van der Waals surface area contributed by atoms with Gasteiger partial charge in [0.15, 0.2) is 0 Å². The highest BCUT2D eigenvalue weighted by Gasteiger charge is 2.23. The van der Waals surface area contributed by atoms with Gasteiger partial charge in [0, 0.05) is 23.0 Å². The Balaban J connectivity index is 1.92. The number of rotatable bonds is 4. The Labute approximate surface area is 129 Å². The standard InChI is InChI=1S/C16H23N3OS/c1-10-8-13-15(21-10)12(9-19(2)3)14(18-13)16(20)17-11-6-4-5-7-11/h8,11,18H,4-7,9H2,1-3H3,(H,17,20). The second-order valence-electron chi connectivity index (χ2n) is 6.27. The Bertz CT molecular complexity index is 650. The van der Waals surface area contributed by atoms with Gasteiger partial charge >= 0.3 is 0 Å². The van der Waals surface area contributed by atoms with Gasteiger partial charge in [-0.05, 0) is 39.9 Å². The molecule has 1 fully saturated rings.